The van der Waals surface area contributed by atoms with Crippen molar-refractivity contribution in [1.29, 1.82) is 0 Å². The first-order chi connectivity index (χ1) is 9.24. The summed E-state index contributed by atoms with van der Waals surface area (Å²) in [5.41, 5.74) is 3.19. The molecule has 3 rings (SSSR count). The fraction of sp³-hybridized carbons (Fsp3) is 0.200. The smallest absolute Gasteiger partial charge is 0.0743 e. The molecule has 96 valence electrons. The first kappa shape index (κ1) is 12.2. The van der Waals surface area contributed by atoms with Crippen LogP contribution in [0.15, 0.2) is 53.9 Å². The molecule has 1 aliphatic rings. The van der Waals surface area contributed by atoms with E-state index in [-0.39, 0.29) is 0 Å². The number of benzene rings is 1. The van der Waals surface area contributed by atoms with Gasteiger partial charge in [0.05, 0.1) is 11.4 Å². The summed E-state index contributed by atoms with van der Waals surface area (Å²) in [5, 5.41) is 7.43. The highest BCUT2D eigenvalue weighted by molar-refractivity contribution is 6.30. The van der Waals surface area contributed by atoms with Gasteiger partial charge in [-0.05, 0) is 30.3 Å². The van der Waals surface area contributed by atoms with E-state index >= 15 is 0 Å². The third kappa shape index (κ3) is 2.47. The second kappa shape index (κ2) is 5.02. The predicted molar refractivity (Wildman–Crippen MR) is 78.7 cm³/mol. The van der Waals surface area contributed by atoms with Crippen molar-refractivity contribution in [1.82, 2.24) is 4.98 Å². The van der Waals surface area contributed by atoms with Crippen LogP contribution in [-0.4, -0.2) is 17.2 Å². The van der Waals surface area contributed by atoms with Gasteiger partial charge in [0.2, 0.25) is 0 Å². The van der Waals surface area contributed by atoms with E-state index < -0.39 is 0 Å². The molecule has 1 atom stereocenters. The second-order valence-corrected chi connectivity index (χ2v) is 5.13. The lowest BCUT2D eigenvalue weighted by molar-refractivity contribution is 0.775. The van der Waals surface area contributed by atoms with Crippen LogP contribution in [0.25, 0.3) is 0 Å². The second-order valence-electron chi connectivity index (χ2n) is 4.69. The number of hydrogen-bond acceptors (Lipinski definition) is 3. The van der Waals surface area contributed by atoms with Gasteiger partial charge in [-0.3, -0.25) is 9.99 Å². The molecule has 0 saturated carbocycles. The Kier molecular flexibility index (Phi) is 3.22. The first-order valence-electron chi connectivity index (χ1n) is 6.26. The lowest BCUT2D eigenvalue weighted by Crippen LogP contribution is -2.17. The Morgan fingerprint density at radius 3 is 2.89 bits per heavy atom. The van der Waals surface area contributed by atoms with Crippen molar-refractivity contribution in [2.75, 3.05) is 11.6 Å². The zero-order chi connectivity index (χ0) is 13.2. The van der Waals surface area contributed by atoms with Gasteiger partial charge in [0.15, 0.2) is 0 Å². The number of pyridine rings is 1. The first-order valence-corrected chi connectivity index (χ1v) is 6.64. The fourth-order valence-electron chi connectivity index (χ4n) is 2.27. The van der Waals surface area contributed by atoms with Gasteiger partial charge in [-0.2, -0.15) is 5.10 Å². The summed E-state index contributed by atoms with van der Waals surface area (Å²) in [6, 6.07) is 11.8. The van der Waals surface area contributed by atoms with E-state index in [2.05, 4.69) is 11.9 Å². The Labute approximate surface area is 117 Å². The summed E-state index contributed by atoms with van der Waals surface area (Å²) >= 11 is 6.03. The largest absolute Gasteiger partial charge is 0.265 e. The Hall–Kier alpha value is -1.87. The third-order valence-electron chi connectivity index (χ3n) is 3.21. The van der Waals surface area contributed by atoms with Gasteiger partial charge < -0.3 is 0 Å². The maximum atomic E-state index is 6.03. The molecule has 0 radical (unpaired) electrons. The molecule has 3 nitrogen and oxygen atoms in total. The minimum absolute atomic E-state index is 0.378. The number of aromatic nitrogens is 1. The fourth-order valence-corrected chi connectivity index (χ4v) is 2.46. The maximum absolute atomic E-state index is 6.03. The van der Waals surface area contributed by atoms with E-state index in [0.29, 0.717) is 5.92 Å². The molecule has 0 saturated heterocycles. The minimum atomic E-state index is 0.378. The van der Waals surface area contributed by atoms with Crippen LogP contribution in [0.1, 0.15) is 12.5 Å². The summed E-state index contributed by atoms with van der Waals surface area (Å²) in [7, 11) is 0. The van der Waals surface area contributed by atoms with E-state index in [4.69, 9.17) is 16.7 Å². The number of anilines is 1. The van der Waals surface area contributed by atoms with Crippen LogP contribution in [0.5, 0.6) is 0 Å². The molecule has 0 N–H and O–H groups in total. The van der Waals surface area contributed by atoms with Crippen molar-refractivity contribution >= 4 is 23.0 Å². The predicted octanol–water partition coefficient (Wildman–Crippen LogP) is 3.60. The molecule has 1 aromatic carbocycles. The molecule has 0 amide bonds. The molecule has 0 bridgehead atoms. The number of nitrogens with zero attached hydrogens (tertiary/aromatic N) is 3. The topological polar surface area (TPSA) is 28.5 Å². The third-order valence-corrected chi connectivity index (χ3v) is 3.44. The van der Waals surface area contributed by atoms with Gasteiger partial charge >= 0.3 is 0 Å². The molecule has 4 heteroatoms. The lowest BCUT2D eigenvalue weighted by Gasteiger charge is -2.14. The van der Waals surface area contributed by atoms with Gasteiger partial charge in [0.1, 0.15) is 0 Å². The van der Waals surface area contributed by atoms with Crippen molar-refractivity contribution in [3.8, 4) is 0 Å². The molecule has 1 unspecified atom stereocenters. The van der Waals surface area contributed by atoms with Crippen molar-refractivity contribution < 1.29 is 0 Å². The van der Waals surface area contributed by atoms with Crippen LogP contribution >= 0.6 is 11.6 Å². The zero-order valence-corrected chi connectivity index (χ0v) is 11.4. The molecule has 1 aromatic heterocycles. The highest BCUT2D eigenvalue weighted by Gasteiger charge is 2.24. The number of rotatable bonds is 2. The van der Waals surface area contributed by atoms with Gasteiger partial charge in [-0.1, -0.05) is 24.6 Å². The zero-order valence-electron chi connectivity index (χ0n) is 10.6. The molecule has 19 heavy (non-hydrogen) atoms. The normalized spacial score (nSPS) is 18.5. The summed E-state index contributed by atoms with van der Waals surface area (Å²) in [5.74, 6) is 0.378. The van der Waals surface area contributed by atoms with E-state index in [1.165, 1.54) is 0 Å². The van der Waals surface area contributed by atoms with Gasteiger partial charge in [0.25, 0.3) is 0 Å². The molecule has 2 aromatic rings. The molecule has 0 aliphatic carbocycles. The van der Waals surface area contributed by atoms with E-state index in [9.17, 15) is 0 Å². The molecular formula is C15H14ClN3. The van der Waals surface area contributed by atoms with E-state index in [1.807, 2.05) is 47.6 Å². The molecular weight excluding hydrogens is 258 g/mol. The standard InChI is InChI=1S/C15H14ClN3/c1-11-10-19(14-6-2-5-13(16)8-14)18-15(11)12-4-3-7-17-9-12/h2-9,11H,10H2,1H3. The summed E-state index contributed by atoms with van der Waals surface area (Å²) in [6.45, 7) is 3.04. The molecule has 2 heterocycles. The molecule has 0 fully saturated rings. The van der Waals surface area contributed by atoms with Crippen molar-refractivity contribution in [2.45, 2.75) is 6.92 Å². The average Bonchev–Trinajstić information content (AvgIpc) is 2.82. The van der Waals surface area contributed by atoms with Crippen molar-refractivity contribution in [2.24, 2.45) is 11.0 Å². The molecule has 0 spiro atoms. The van der Waals surface area contributed by atoms with Crippen LogP contribution in [-0.2, 0) is 0 Å². The average molecular weight is 272 g/mol. The Morgan fingerprint density at radius 2 is 2.16 bits per heavy atom. The van der Waals surface area contributed by atoms with Crippen molar-refractivity contribution in [3.63, 3.8) is 0 Å². The Bertz CT molecular complexity index is 610. The summed E-state index contributed by atoms with van der Waals surface area (Å²) < 4.78 is 0. The van der Waals surface area contributed by atoms with Crippen LogP contribution in [0.4, 0.5) is 5.69 Å². The Morgan fingerprint density at radius 1 is 1.26 bits per heavy atom. The number of hydrazone groups is 1. The van der Waals surface area contributed by atoms with Gasteiger partial charge in [-0.25, -0.2) is 0 Å². The van der Waals surface area contributed by atoms with Crippen LogP contribution in [0.3, 0.4) is 0 Å². The summed E-state index contributed by atoms with van der Waals surface area (Å²) in [6.07, 6.45) is 3.63. The van der Waals surface area contributed by atoms with Gasteiger partial charge in [0, 0.05) is 35.4 Å². The SMILES string of the molecule is CC1CN(c2cccc(Cl)c2)N=C1c1cccnc1. The highest BCUT2D eigenvalue weighted by atomic mass is 35.5. The van der Waals surface area contributed by atoms with Crippen molar-refractivity contribution in [3.05, 3.63) is 59.4 Å². The quantitative estimate of drug-likeness (QED) is 0.835. The van der Waals surface area contributed by atoms with E-state index in [1.54, 1.807) is 6.20 Å². The van der Waals surface area contributed by atoms with E-state index in [0.717, 1.165) is 28.5 Å². The Balaban J connectivity index is 1.93. The number of hydrogen-bond donors (Lipinski definition) is 0. The monoisotopic (exact) mass is 271 g/mol. The summed E-state index contributed by atoms with van der Waals surface area (Å²) in [4.78, 5) is 4.16. The van der Waals surface area contributed by atoms with Crippen LogP contribution < -0.4 is 5.01 Å². The maximum Gasteiger partial charge on any atom is 0.0743 e. The van der Waals surface area contributed by atoms with Crippen LogP contribution in [0.2, 0.25) is 5.02 Å². The lowest BCUT2D eigenvalue weighted by atomic mass is 10.0. The number of halogens is 1. The molecule has 1 aliphatic heterocycles. The highest BCUT2D eigenvalue weighted by Crippen LogP contribution is 2.26. The minimum Gasteiger partial charge on any atom is -0.265 e. The van der Waals surface area contributed by atoms with Gasteiger partial charge in [-0.15, -0.1) is 0 Å². The van der Waals surface area contributed by atoms with Crippen LogP contribution in [0, 0.1) is 5.92 Å².